The maximum absolute atomic E-state index is 9.59. The first-order chi connectivity index (χ1) is 5.02. The summed E-state index contributed by atoms with van der Waals surface area (Å²) < 4.78 is 0. The Labute approximate surface area is 71.0 Å². The van der Waals surface area contributed by atoms with Crippen LogP contribution in [0.2, 0.25) is 0 Å². The molecule has 1 rings (SSSR count). The van der Waals surface area contributed by atoms with Crippen molar-refractivity contribution in [3.05, 3.63) is 16.8 Å². The molecule has 2 nitrogen and oxygen atoms in total. The van der Waals surface area contributed by atoms with Crippen LogP contribution in [0.1, 0.15) is 20.8 Å². The molecule has 0 aliphatic rings. The monoisotopic (exact) mass is 171 g/mol. The molecule has 11 heavy (non-hydrogen) atoms. The zero-order valence-corrected chi connectivity index (χ0v) is 7.85. The molecule has 0 spiro atoms. The van der Waals surface area contributed by atoms with E-state index in [1.165, 1.54) is 5.06 Å². The second-order valence-electron chi connectivity index (χ2n) is 3.46. The van der Waals surface area contributed by atoms with Crippen LogP contribution in [0.25, 0.3) is 0 Å². The van der Waals surface area contributed by atoms with Crippen molar-refractivity contribution >= 4 is 17.0 Å². The Morgan fingerprint density at radius 1 is 1.45 bits per heavy atom. The van der Waals surface area contributed by atoms with Crippen molar-refractivity contribution in [3.63, 3.8) is 0 Å². The fraction of sp³-hybridized carbons (Fsp3) is 0.500. The van der Waals surface area contributed by atoms with Crippen molar-refractivity contribution in [2.45, 2.75) is 26.3 Å². The van der Waals surface area contributed by atoms with Gasteiger partial charge < -0.3 is 0 Å². The summed E-state index contributed by atoms with van der Waals surface area (Å²) in [5, 5.41) is 14.7. The molecule has 1 aromatic heterocycles. The maximum Gasteiger partial charge on any atom is 0.0747 e. The summed E-state index contributed by atoms with van der Waals surface area (Å²) in [6.07, 6.45) is 0. The van der Waals surface area contributed by atoms with E-state index >= 15 is 0 Å². The van der Waals surface area contributed by atoms with Crippen LogP contribution in [0.4, 0.5) is 5.69 Å². The average molecular weight is 171 g/mol. The average Bonchev–Trinajstić information content (AvgIpc) is 2.34. The van der Waals surface area contributed by atoms with Gasteiger partial charge in [-0.15, -0.1) is 0 Å². The lowest BCUT2D eigenvalue weighted by Crippen LogP contribution is -2.38. The van der Waals surface area contributed by atoms with Gasteiger partial charge >= 0.3 is 0 Å². The van der Waals surface area contributed by atoms with Crippen molar-refractivity contribution in [2.75, 3.05) is 5.06 Å². The van der Waals surface area contributed by atoms with Crippen LogP contribution in [0, 0.1) is 0 Å². The van der Waals surface area contributed by atoms with Gasteiger partial charge in [-0.25, -0.2) is 0 Å². The van der Waals surface area contributed by atoms with Gasteiger partial charge in [0.05, 0.1) is 11.2 Å². The fourth-order valence-electron chi connectivity index (χ4n) is 0.765. The van der Waals surface area contributed by atoms with E-state index in [0.717, 1.165) is 5.69 Å². The van der Waals surface area contributed by atoms with E-state index in [2.05, 4.69) is 0 Å². The molecule has 0 saturated carbocycles. The fourth-order valence-corrected chi connectivity index (χ4v) is 1.38. The van der Waals surface area contributed by atoms with Gasteiger partial charge in [-0.2, -0.15) is 11.3 Å². The van der Waals surface area contributed by atoms with Gasteiger partial charge in [0.1, 0.15) is 0 Å². The molecule has 0 aromatic carbocycles. The van der Waals surface area contributed by atoms with Crippen molar-refractivity contribution in [2.24, 2.45) is 0 Å². The van der Waals surface area contributed by atoms with Crippen LogP contribution in [0.15, 0.2) is 16.8 Å². The van der Waals surface area contributed by atoms with Crippen LogP contribution in [0.3, 0.4) is 0 Å². The zero-order chi connectivity index (χ0) is 8.48. The SMILES string of the molecule is CC(C)(C)N(O)c1ccsc1. The number of rotatable bonds is 1. The number of thiophene rings is 1. The van der Waals surface area contributed by atoms with E-state index in [1.807, 2.05) is 37.6 Å². The lowest BCUT2D eigenvalue weighted by Gasteiger charge is -2.30. The Morgan fingerprint density at radius 3 is 2.45 bits per heavy atom. The minimum absolute atomic E-state index is 0.221. The molecule has 0 radical (unpaired) electrons. The second-order valence-corrected chi connectivity index (χ2v) is 4.24. The van der Waals surface area contributed by atoms with Crippen LogP contribution < -0.4 is 5.06 Å². The molecule has 0 fully saturated rings. The molecular formula is C8H13NOS. The molecule has 3 heteroatoms. The van der Waals surface area contributed by atoms with E-state index < -0.39 is 0 Å². The van der Waals surface area contributed by atoms with Gasteiger partial charge in [0.2, 0.25) is 0 Å². The highest BCUT2D eigenvalue weighted by atomic mass is 32.1. The summed E-state index contributed by atoms with van der Waals surface area (Å²) >= 11 is 1.58. The Hall–Kier alpha value is -0.540. The summed E-state index contributed by atoms with van der Waals surface area (Å²) in [6, 6.07) is 1.90. The number of hydroxylamine groups is 1. The number of hydrogen-bond donors (Lipinski definition) is 1. The van der Waals surface area contributed by atoms with Crippen molar-refractivity contribution in [3.8, 4) is 0 Å². The molecular weight excluding hydrogens is 158 g/mol. The quantitative estimate of drug-likeness (QED) is 0.657. The Kier molecular flexibility index (Phi) is 2.20. The van der Waals surface area contributed by atoms with E-state index in [9.17, 15) is 5.21 Å². The molecule has 0 saturated heterocycles. The van der Waals surface area contributed by atoms with E-state index in [-0.39, 0.29) is 5.54 Å². The zero-order valence-electron chi connectivity index (χ0n) is 7.03. The van der Waals surface area contributed by atoms with Gasteiger partial charge in [-0.1, -0.05) is 0 Å². The first kappa shape index (κ1) is 8.56. The molecule has 0 amide bonds. The largest absolute Gasteiger partial charge is 0.288 e. The smallest absolute Gasteiger partial charge is 0.0747 e. The highest BCUT2D eigenvalue weighted by molar-refractivity contribution is 7.08. The van der Waals surface area contributed by atoms with Gasteiger partial charge in [0.25, 0.3) is 0 Å². The van der Waals surface area contributed by atoms with Crippen molar-refractivity contribution in [1.82, 2.24) is 0 Å². The van der Waals surface area contributed by atoms with Crippen LogP contribution in [0.5, 0.6) is 0 Å². The third kappa shape index (κ3) is 1.94. The molecule has 1 N–H and O–H groups in total. The minimum Gasteiger partial charge on any atom is -0.288 e. The van der Waals surface area contributed by atoms with Gasteiger partial charge in [-0.05, 0) is 32.2 Å². The van der Waals surface area contributed by atoms with Crippen LogP contribution in [-0.4, -0.2) is 10.7 Å². The molecule has 0 aliphatic heterocycles. The summed E-state index contributed by atoms with van der Waals surface area (Å²) in [6.45, 7) is 5.89. The lowest BCUT2D eigenvalue weighted by atomic mass is 10.1. The first-order valence-corrected chi connectivity index (χ1v) is 4.47. The second kappa shape index (κ2) is 2.83. The predicted molar refractivity (Wildman–Crippen MR) is 48.3 cm³/mol. The van der Waals surface area contributed by atoms with Gasteiger partial charge in [0.15, 0.2) is 0 Å². The summed E-state index contributed by atoms with van der Waals surface area (Å²) in [7, 11) is 0. The number of anilines is 1. The molecule has 0 unspecified atom stereocenters. The first-order valence-electron chi connectivity index (χ1n) is 3.53. The molecule has 1 heterocycles. The molecule has 1 aromatic rings. The van der Waals surface area contributed by atoms with Crippen LogP contribution in [-0.2, 0) is 0 Å². The Bertz CT molecular complexity index is 212. The highest BCUT2D eigenvalue weighted by Gasteiger charge is 2.19. The standard InChI is InChI=1S/C8H13NOS/c1-8(2,3)9(10)7-4-5-11-6-7/h4-6,10H,1-3H3. The molecule has 62 valence electrons. The topological polar surface area (TPSA) is 23.5 Å². The van der Waals surface area contributed by atoms with Gasteiger partial charge in [-0.3, -0.25) is 10.3 Å². The maximum atomic E-state index is 9.59. The third-order valence-electron chi connectivity index (χ3n) is 1.39. The van der Waals surface area contributed by atoms with E-state index in [4.69, 9.17) is 0 Å². The normalized spacial score (nSPS) is 11.6. The Morgan fingerprint density at radius 2 is 2.09 bits per heavy atom. The summed E-state index contributed by atoms with van der Waals surface area (Å²) in [5.74, 6) is 0. The molecule has 0 aliphatic carbocycles. The van der Waals surface area contributed by atoms with Crippen molar-refractivity contribution < 1.29 is 5.21 Å². The lowest BCUT2D eigenvalue weighted by molar-refractivity contribution is 0.181. The molecule has 0 atom stereocenters. The van der Waals surface area contributed by atoms with E-state index in [1.54, 1.807) is 11.3 Å². The third-order valence-corrected chi connectivity index (χ3v) is 2.06. The number of hydrogen-bond acceptors (Lipinski definition) is 3. The van der Waals surface area contributed by atoms with Gasteiger partial charge in [0, 0.05) is 5.38 Å². The minimum atomic E-state index is -0.221. The van der Waals surface area contributed by atoms with Crippen LogP contribution >= 0.6 is 11.3 Å². The number of nitrogens with zero attached hydrogens (tertiary/aromatic N) is 1. The highest BCUT2D eigenvalue weighted by Crippen LogP contribution is 2.23. The summed E-state index contributed by atoms with van der Waals surface area (Å²) in [4.78, 5) is 0. The van der Waals surface area contributed by atoms with Crippen molar-refractivity contribution in [1.29, 1.82) is 0 Å². The molecule has 0 bridgehead atoms. The summed E-state index contributed by atoms with van der Waals surface area (Å²) in [5.41, 5.74) is 0.642. The van der Waals surface area contributed by atoms with E-state index in [0.29, 0.717) is 0 Å². The predicted octanol–water partition coefficient (Wildman–Crippen LogP) is 2.74. The Balaban J connectivity index is 2.78.